The van der Waals surface area contributed by atoms with Crippen molar-refractivity contribution in [3.8, 4) is 0 Å². The third-order valence-electron chi connectivity index (χ3n) is 2.61. The first-order valence-corrected chi connectivity index (χ1v) is 6.21. The zero-order valence-electron chi connectivity index (χ0n) is 11.9. The average molecular weight is 320 g/mol. The second-order valence-corrected chi connectivity index (χ2v) is 5.16. The Morgan fingerprint density at radius 2 is 1.86 bits per heavy atom. The average Bonchev–Trinajstić information content (AvgIpc) is 2.35. The number of rotatable bonds is 5. The van der Waals surface area contributed by atoms with E-state index in [0.717, 1.165) is 6.07 Å². The van der Waals surface area contributed by atoms with E-state index in [2.05, 4.69) is 20.8 Å². The fraction of sp³-hybridized carbons (Fsp3) is 0.500. The summed E-state index contributed by atoms with van der Waals surface area (Å²) in [5, 5.41) is 19.5. The van der Waals surface area contributed by atoms with E-state index in [-0.39, 0.29) is 18.7 Å². The summed E-state index contributed by atoms with van der Waals surface area (Å²) in [4.78, 5) is 22.2. The molecule has 0 radical (unpaired) electrons. The Kier molecular flexibility index (Phi) is 5.28. The minimum absolute atomic E-state index is 0.132. The Morgan fingerprint density at radius 1 is 1.23 bits per heavy atom. The normalized spacial score (nSPS) is 11.9. The number of hydrogen-bond acceptors (Lipinski definition) is 4. The topological polar surface area (TPSA) is 104 Å². The fourth-order valence-electron chi connectivity index (χ4n) is 1.49. The number of hydrogen-bond donors (Lipinski definition) is 3. The van der Waals surface area contributed by atoms with Gasteiger partial charge >= 0.3 is 18.2 Å². The van der Waals surface area contributed by atoms with Crippen molar-refractivity contribution in [1.29, 1.82) is 0 Å². The van der Waals surface area contributed by atoms with E-state index in [1.165, 1.54) is 0 Å². The molecule has 0 spiro atoms. The van der Waals surface area contributed by atoms with Gasteiger partial charge in [-0.25, -0.2) is 4.79 Å². The van der Waals surface area contributed by atoms with Crippen LogP contribution in [0.3, 0.4) is 0 Å². The van der Waals surface area contributed by atoms with Gasteiger partial charge in [-0.15, -0.1) is 10.2 Å². The molecular weight excluding hydrogens is 305 g/mol. The quantitative estimate of drug-likeness (QED) is 0.772. The third-order valence-corrected chi connectivity index (χ3v) is 2.61. The minimum atomic E-state index is -4.60. The molecule has 3 N–H and O–H groups in total. The maximum atomic E-state index is 12.3. The van der Waals surface area contributed by atoms with Crippen LogP contribution in [0, 0.1) is 0 Å². The molecule has 1 heterocycles. The molecule has 0 aliphatic heterocycles. The van der Waals surface area contributed by atoms with Crippen LogP contribution in [0.2, 0.25) is 0 Å². The van der Waals surface area contributed by atoms with Gasteiger partial charge in [0.05, 0.1) is 0 Å². The summed E-state index contributed by atoms with van der Waals surface area (Å²) in [7, 11) is 0. The van der Waals surface area contributed by atoms with E-state index >= 15 is 0 Å². The molecular formula is C12H15F3N4O3. The molecule has 0 unspecified atom stereocenters. The van der Waals surface area contributed by atoms with E-state index in [0.29, 0.717) is 6.07 Å². The first-order chi connectivity index (χ1) is 9.99. The Morgan fingerprint density at radius 3 is 2.32 bits per heavy atom. The lowest BCUT2D eigenvalue weighted by atomic mass is 9.99. The molecule has 7 nitrogen and oxygen atoms in total. The van der Waals surface area contributed by atoms with Gasteiger partial charge in [-0.2, -0.15) is 13.2 Å². The van der Waals surface area contributed by atoms with Gasteiger partial charge in [-0.3, -0.25) is 10.1 Å². The van der Waals surface area contributed by atoms with Crippen molar-refractivity contribution in [3.05, 3.63) is 17.8 Å². The van der Waals surface area contributed by atoms with E-state index in [1.54, 1.807) is 13.8 Å². The standard InChI is InChI=1S/C12H15F3N4O3/c1-11(2,6-5-9(20)21)17-10(22)16-8-4-3-7(18-19-8)12(13,14)15/h3-4H,5-6H2,1-2H3,(H,20,21)(H2,16,17,19,22). The molecule has 1 rings (SSSR count). The third kappa shape index (κ3) is 5.94. The highest BCUT2D eigenvalue weighted by molar-refractivity contribution is 5.88. The second kappa shape index (κ2) is 6.58. The monoisotopic (exact) mass is 320 g/mol. The van der Waals surface area contributed by atoms with E-state index in [9.17, 15) is 22.8 Å². The number of nitrogens with zero attached hydrogens (tertiary/aromatic N) is 2. The molecule has 22 heavy (non-hydrogen) atoms. The van der Waals surface area contributed by atoms with Crippen molar-refractivity contribution in [3.63, 3.8) is 0 Å². The van der Waals surface area contributed by atoms with Crippen LogP contribution in [0.1, 0.15) is 32.4 Å². The largest absolute Gasteiger partial charge is 0.481 e. The van der Waals surface area contributed by atoms with Crippen molar-refractivity contribution in [2.24, 2.45) is 0 Å². The molecule has 0 bridgehead atoms. The van der Waals surface area contributed by atoms with E-state index in [4.69, 9.17) is 5.11 Å². The number of halogens is 3. The van der Waals surface area contributed by atoms with Gasteiger partial charge in [-0.1, -0.05) is 0 Å². The number of carboxylic acids is 1. The predicted molar refractivity (Wildman–Crippen MR) is 70.1 cm³/mol. The molecule has 0 fully saturated rings. The summed E-state index contributed by atoms with van der Waals surface area (Å²) in [5.41, 5.74) is -1.97. The van der Waals surface area contributed by atoms with Crippen LogP contribution in [-0.4, -0.2) is 32.8 Å². The van der Waals surface area contributed by atoms with Gasteiger partial charge in [0.15, 0.2) is 11.5 Å². The SMILES string of the molecule is CC(C)(CCC(=O)O)NC(=O)Nc1ccc(C(F)(F)F)nn1. The highest BCUT2D eigenvalue weighted by Gasteiger charge is 2.33. The Hall–Kier alpha value is -2.39. The number of aromatic nitrogens is 2. The maximum Gasteiger partial charge on any atom is 0.435 e. The number of carboxylic acid groups (broad SMARTS) is 1. The number of alkyl halides is 3. The van der Waals surface area contributed by atoms with Crippen LogP contribution in [0.4, 0.5) is 23.8 Å². The summed E-state index contributed by atoms with van der Waals surface area (Å²) in [6, 6.07) is 0.946. The van der Waals surface area contributed by atoms with Crippen LogP contribution in [0.5, 0.6) is 0 Å². The molecule has 1 aromatic heterocycles. The van der Waals surface area contributed by atoms with Crippen molar-refractivity contribution in [1.82, 2.24) is 15.5 Å². The van der Waals surface area contributed by atoms with Crippen LogP contribution < -0.4 is 10.6 Å². The zero-order chi connectivity index (χ0) is 17.0. The fourth-order valence-corrected chi connectivity index (χ4v) is 1.49. The molecule has 2 amide bonds. The van der Waals surface area contributed by atoms with E-state index < -0.39 is 29.4 Å². The first kappa shape index (κ1) is 17.7. The molecule has 10 heteroatoms. The van der Waals surface area contributed by atoms with Gasteiger partial charge in [0.2, 0.25) is 0 Å². The zero-order valence-corrected chi connectivity index (χ0v) is 11.9. The maximum absolute atomic E-state index is 12.3. The van der Waals surface area contributed by atoms with Crippen LogP contribution in [0.25, 0.3) is 0 Å². The number of carbonyl (C=O) groups is 2. The van der Waals surface area contributed by atoms with Gasteiger partial charge < -0.3 is 10.4 Å². The summed E-state index contributed by atoms with van der Waals surface area (Å²) in [6.45, 7) is 3.24. The van der Waals surface area contributed by atoms with Gasteiger partial charge in [0.25, 0.3) is 0 Å². The Balaban J connectivity index is 2.60. The summed E-state index contributed by atoms with van der Waals surface area (Å²) in [5.74, 6) is -1.15. The lowest BCUT2D eigenvalue weighted by Gasteiger charge is -2.25. The molecule has 0 saturated carbocycles. The van der Waals surface area contributed by atoms with Crippen LogP contribution in [-0.2, 0) is 11.0 Å². The smallest absolute Gasteiger partial charge is 0.435 e. The lowest BCUT2D eigenvalue weighted by molar-refractivity contribution is -0.141. The van der Waals surface area contributed by atoms with Gasteiger partial charge in [0.1, 0.15) is 0 Å². The Bertz CT molecular complexity index is 544. The number of amides is 2. The molecule has 0 saturated heterocycles. The van der Waals surface area contributed by atoms with Crippen molar-refractivity contribution >= 4 is 17.8 Å². The number of urea groups is 1. The second-order valence-electron chi connectivity index (χ2n) is 5.16. The van der Waals surface area contributed by atoms with Crippen LogP contribution in [0.15, 0.2) is 12.1 Å². The highest BCUT2D eigenvalue weighted by atomic mass is 19.4. The summed E-state index contributed by atoms with van der Waals surface area (Å²) < 4.78 is 36.9. The molecule has 122 valence electrons. The lowest BCUT2D eigenvalue weighted by Crippen LogP contribution is -2.45. The summed E-state index contributed by atoms with van der Waals surface area (Å²) >= 11 is 0. The number of anilines is 1. The minimum Gasteiger partial charge on any atom is -0.481 e. The summed E-state index contributed by atoms with van der Waals surface area (Å²) in [6.07, 6.45) is -4.55. The number of nitrogens with one attached hydrogen (secondary N) is 2. The molecule has 0 aliphatic carbocycles. The molecule has 0 aliphatic rings. The molecule has 1 aromatic rings. The van der Waals surface area contributed by atoms with Gasteiger partial charge in [-0.05, 0) is 32.4 Å². The Labute approximate surface area is 123 Å². The predicted octanol–water partition coefficient (Wildman–Crippen LogP) is 2.26. The molecule has 0 atom stereocenters. The number of carbonyl (C=O) groups excluding carboxylic acids is 1. The first-order valence-electron chi connectivity index (χ1n) is 6.21. The van der Waals surface area contributed by atoms with Crippen molar-refractivity contribution in [2.75, 3.05) is 5.32 Å². The number of aliphatic carboxylic acids is 1. The van der Waals surface area contributed by atoms with Gasteiger partial charge in [0, 0.05) is 12.0 Å². The van der Waals surface area contributed by atoms with E-state index in [1.807, 2.05) is 0 Å². The van der Waals surface area contributed by atoms with Crippen LogP contribution >= 0.6 is 0 Å². The molecule has 0 aromatic carbocycles. The van der Waals surface area contributed by atoms with Crippen molar-refractivity contribution in [2.45, 2.75) is 38.4 Å². The van der Waals surface area contributed by atoms with Crippen molar-refractivity contribution < 1.29 is 27.9 Å². The highest BCUT2D eigenvalue weighted by Crippen LogP contribution is 2.27.